The second kappa shape index (κ2) is 7.99. The Morgan fingerprint density at radius 2 is 1.90 bits per heavy atom. The van der Waals surface area contributed by atoms with Crippen LogP contribution in [0.15, 0.2) is 42.0 Å². The molecule has 0 saturated heterocycles. The summed E-state index contributed by atoms with van der Waals surface area (Å²) in [6, 6.07) is 9.22. The summed E-state index contributed by atoms with van der Waals surface area (Å²) in [4.78, 5) is 28.0. The first-order valence-electron chi connectivity index (χ1n) is 6.38. The fourth-order valence-corrected chi connectivity index (χ4v) is 1.54. The number of ether oxygens (including phenoxy) is 1. The summed E-state index contributed by atoms with van der Waals surface area (Å²) in [5, 5.41) is 0.870. The Hall–Kier alpha value is -2.30. The van der Waals surface area contributed by atoms with Crippen molar-refractivity contribution in [2.45, 2.75) is 26.9 Å². The SMILES string of the molecule is CCC=C(C)C(=O)N(C)OC(=O)OCc1ccccc1. The van der Waals surface area contributed by atoms with Gasteiger partial charge in [-0.2, -0.15) is 5.06 Å². The average molecular weight is 277 g/mol. The molecule has 1 rings (SSSR count). The van der Waals surface area contributed by atoms with Crippen molar-refractivity contribution in [3.8, 4) is 0 Å². The lowest BCUT2D eigenvalue weighted by Gasteiger charge is -2.16. The summed E-state index contributed by atoms with van der Waals surface area (Å²) in [7, 11) is 1.37. The number of nitrogens with zero attached hydrogens (tertiary/aromatic N) is 1. The Labute approximate surface area is 118 Å². The first kappa shape index (κ1) is 15.8. The summed E-state index contributed by atoms with van der Waals surface area (Å²) in [5.41, 5.74) is 1.37. The second-order valence-electron chi connectivity index (χ2n) is 4.21. The van der Waals surface area contributed by atoms with E-state index < -0.39 is 6.16 Å². The third-order valence-corrected chi connectivity index (χ3v) is 2.54. The van der Waals surface area contributed by atoms with Crippen molar-refractivity contribution in [1.82, 2.24) is 5.06 Å². The van der Waals surface area contributed by atoms with Gasteiger partial charge in [0.25, 0.3) is 5.91 Å². The summed E-state index contributed by atoms with van der Waals surface area (Å²) in [6.07, 6.45) is 1.59. The molecule has 0 saturated carbocycles. The van der Waals surface area contributed by atoms with Gasteiger partial charge < -0.3 is 9.57 Å². The molecule has 0 aromatic heterocycles. The molecule has 1 aromatic rings. The third-order valence-electron chi connectivity index (χ3n) is 2.54. The topological polar surface area (TPSA) is 55.8 Å². The maximum absolute atomic E-state index is 11.8. The van der Waals surface area contributed by atoms with Crippen LogP contribution in [0.1, 0.15) is 25.8 Å². The molecule has 0 atom stereocenters. The average Bonchev–Trinajstić information content (AvgIpc) is 2.45. The van der Waals surface area contributed by atoms with Crippen molar-refractivity contribution in [2.75, 3.05) is 7.05 Å². The van der Waals surface area contributed by atoms with E-state index in [0.717, 1.165) is 17.0 Å². The lowest BCUT2D eigenvalue weighted by Crippen LogP contribution is -2.30. The summed E-state index contributed by atoms with van der Waals surface area (Å²) >= 11 is 0. The normalized spacial score (nSPS) is 10.8. The summed E-state index contributed by atoms with van der Waals surface area (Å²) in [6.45, 7) is 3.69. The number of benzene rings is 1. The van der Waals surface area contributed by atoms with Gasteiger partial charge in [-0.15, -0.1) is 0 Å². The molecule has 0 aliphatic rings. The van der Waals surface area contributed by atoms with Crippen LogP contribution >= 0.6 is 0 Å². The van der Waals surface area contributed by atoms with E-state index >= 15 is 0 Å². The number of likely N-dealkylation sites (N-methyl/N-ethyl adjacent to an activating group) is 1. The molecule has 0 N–H and O–H groups in total. The van der Waals surface area contributed by atoms with E-state index in [1.165, 1.54) is 7.05 Å². The molecule has 1 aromatic carbocycles. The first-order valence-corrected chi connectivity index (χ1v) is 6.38. The minimum absolute atomic E-state index is 0.103. The van der Waals surface area contributed by atoms with Gasteiger partial charge in [0.15, 0.2) is 0 Å². The predicted octanol–water partition coefficient (Wildman–Crippen LogP) is 3.07. The van der Waals surface area contributed by atoms with Gasteiger partial charge in [0.05, 0.1) is 0 Å². The molecule has 0 radical (unpaired) electrons. The molecule has 0 spiro atoms. The Kier molecular flexibility index (Phi) is 6.29. The highest BCUT2D eigenvalue weighted by Gasteiger charge is 2.16. The Bertz CT molecular complexity index is 482. The third kappa shape index (κ3) is 5.14. The number of amides is 1. The van der Waals surface area contributed by atoms with E-state index in [9.17, 15) is 9.59 Å². The molecule has 0 unspecified atom stereocenters. The summed E-state index contributed by atoms with van der Waals surface area (Å²) in [5.74, 6) is -0.372. The van der Waals surface area contributed by atoms with Crippen molar-refractivity contribution >= 4 is 12.1 Å². The van der Waals surface area contributed by atoms with E-state index in [-0.39, 0.29) is 12.5 Å². The van der Waals surface area contributed by atoms with Gasteiger partial charge in [0, 0.05) is 12.6 Å². The van der Waals surface area contributed by atoms with Gasteiger partial charge in [-0.1, -0.05) is 43.3 Å². The highest BCUT2D eigenvalue weighted by Crippen LogP contribution is 2.05. The van der Waals surface area contributed by atoms with E-state index in [1.807, 2.05) is 37.3 Å². The second-order valence-corrected chi connectivity index (χ2v) is 4.21. The van der Waals surface area contributed by atoms with Crippen LogP contribution in [0.2, 0.25) is 0 Å². The smallest absolute Gasteiger partial charge is 0.428 e. The van der Waals surface area contributed by atoms with Crippen LogP contribution in [0.3, 0.4) is 0 Å². The van der Waals surface area contributed by atoms with Gasteiger partial charge in [-0.3, -0.25) is 4.79 Å². The maximum Gasteiger partial charge on any atom is 0.533 e. The van der Waals surface area contributed by atoms with Crippen LogP contribution in [0, 0.1) is 0 Å². The zero-order chi connectivity index (χ0) is 15.0. The lowest BCUT2D eigenvalue weighted by molar-refractivity contribution is -0.162. The van der Waals surface area contributed by atoms with Crippen molar-refractivity contribution in [1.29, 1.82) is 0 Å². The molecule has 0 bridgehead atoms. The van der Waals surface area contributed by atoms with Crippen molar-refractivity contribution in [3.05, 3.63) is 47.5 Å². The van der Waals surface area contributed by atoms with Crippen molar-refractivity contribution in [2.24, 2.45) is 0 Å². The number of hydrogen-bond donors (Lipinski definition) is 0. The fraction of sp³-hybridized carbons (Fsp3) is 0.333. The van der Waals surface area contributed by atoms with E-state index in [4.69, 9.17) is 9.57 Å². The standard InChI is InChI=1S/C15H19NO4/c1-4-8-12(2)14(17)16(3)20-15(18)19-11-13-9-6-5-7-10-13/h5-10H,4,11H2,1-3H3. The van der Waals surface area contributed by atoms with Crippen molar-refractivity contribution in [3.63, 3.8) is 0 Å². The number of rotatable bonds is 4. The quantitative estimate of drug-likeness (QED) is 0.482. The summed E-state index contributed by atoms with van der Waals surface area (Å²) < 4.78 is 4.91. The minimum atomic E-state index is -0.908. The lowest BCUT2D eigenvalue weighted by atomic mass is 10.2. The molecule has 1 amide bonds. The molecular weight excluding hydrogens is 258 g/mol. The molecule has 5 heteroatoms. The largest absolute Gasteiger partial charge is 0.533 e. The van der Waals surface area contributed by atoms with Crippen molar-refractivity contribution < 1.29 is 19.2 Å². The van der Waals surface area contributed by atoms with Crippen LogP contribution in [-0.2, 0) is 21.0 Å². The molecule has 108 valence electrons. The molecule has 0 aliphatic heterocycles. The molecule has 0 fully saturated rings. The monoisotopic (exact) mass is 277 g/mol. The highest BCUT2D eigenvalue weighted by atomic mass is 16.8. The Balaban J connectivity index is 2.42. The van der Waals surface area contributed by atoms with Gasteiger partial charge in [0.1, 0.15) is 6.61 Å². The van der Waals surface area contributed by atoms with E-state index in [2.05, 4.69) is 0 Å². The number of carbonyl (C=O) groups excluding carboxylic acids is 2. The molecule has 5 nitrogen and oxygen atoms in total. The molecular formula is C15H19NO4. The Morgan fingerprint density at radius 1 is 1.25 bits per heavy atom. The minimum Gasteiger partial charge on any atom is -0.428 e. The van der Waals surface area contributed by atoms with Crippen LogP contribution in [-0.4, -0.2) is 24.2 Å². The van der Waals surface area contributed by atoms with Crippen LogP contribution in [0.25, 0.3) is 0 Å². The number of carbonyl (C=O) groups is 2. The van der Waals surface area contributed by atoms with Crippen LogP contribution < -0.4 is 0 Å². The first-order chi connectivity index (χ1) is 9.54. The number of hydrogen-bond acceptors (Lipinski definition) is 4. The Morgan fingerprint density at radius 3 is 2.50 bits per heavy atom. The fourth-order valence-electron chi connectivity index (χ4n) is 1.54. The zero-order valence-corrected chi connectivity index (χ0v) is 12.0. The molecule has 0 heterocycles. The van der Waals surface area contributed by atoms with Gasteiger partial charge in [-0.05, 0) is 18.9 Å². The van der Waals surface area contributed by atoms with Gasteiger partial charge in [-0.25, -0.2) is 4.79 Å². The number of allylic oxidation sites excluding steroid dienone is 1. The predicted molar refractivity (Wildman–Crippen MR) is 74.5 cm³/mol. The number of hydroxylamine groups is 2. The van der Waals surface area contributed by atoms with E-state index in [1.54, 1.807) is 13.0 Å². The van der Waals surface area contributed by atoms with E-state index in [0.29, 0.717) is 5.57 Å². The molecule has 20 heavy (non-hydrogen) atoms. The van der Waals surface area contributed by atoms with Gasteiger partial charge in [0.2, 0.25) is 0 Å². The zero-order valence-electron chi connectivity index (χ0n) is 12.0. The van der Waals surface area contributed by atoms with Gasteiger partial charge >= 0.3 is 6.16 Å². The maximum atomic E-state index is 11.8. The molecule has 0 aliphatic carbocycles. The van der Waals surface area contributed by atoms with Crippen LogP contribution in [0.5, 0.6) is 0 Å². The van der Waals surface area contributed by atoms with Crippen LogP contribution in [0.4, 0.5) is 4.79 Å². The highest BCUT2D eigenvalue weighted by molar-refractivity contribution is 5.92.